The molecule has 2 amide bonds. The number of rotatable bonds is 8. The number of alkyl carbamates (subject to hydrolysis) is 1. The summed E-state index contributed by atoms with van der Waals surface area (Å²) >= 11 is 0. The van der Waals surface area contributed by atoms with E-state index in [4.69, 9.17) is 9.47 Å². The highest BCUT2D eigenvalue weighted by Crippen LogP contribution is 2.26. The summed E-state index contributed by atoms with van der Waals surface area (Å²) in [4.78, 5) is 28.1. The standard InChI is InChI=1S/C32H30N2O4/c35-31-30(33-32(36)38-23-26-14-8-3-9-15-26)19-27-16-17-29(37-22-25-12-6-2-7-13-25)18-28(27)21-34(31)20-24-10-4-1-5-11-24/h1-18,30H,19-23H2,(H,33,36)/t30-/m0/s1. The number of benzene rings is 4. The second-order valence-electron chi connectivity index (χ2n) is 9.35. The van der Waals surface area contributed by atoms with Crippen molar-refractivity contribution in [2.24, 2.45) is 0 Å². The number of amides is 2. The molecule has 0 spiro atoms. The first-order valence-electron chi connectivity index (χ1n) is 12.7. The van der Waals surface area contributed by atoms with E-state index in [1.54, 1.807) is 4.90 Å². The maximum Gasteiger partial charge on any atom is 0.408 e. The Balaban J connectivity index is 1.33. The van der Waals surface area contributed by atoms with Crippen LogP contribution in [0.2, 0.25) is 0 Å². The van der Waals surface area contributed by atoms with Crippen molar-refractivity contribution in [1.29, 1.82) is 0 Å². The summed E-state index contributed by atoms with van der Waals surface area (Å²) in [5.41, 5.74) is 4.98. The molecule has 0 saturated heterocycles. The zero-order valence-corrected chi connectivity index (χ0v) is 21.1. The number of carbonyl (C=O) groups excluding carboxylic acids is 2. The van der Waals surface area contributed by atoms with Gasteiger partial charge in [0.2, 0.25) is 5.91 Å². The van der Waals surface area contributed by atoms with Gasteiger partial charge in [0.15, 0.2) is 0 Å². The molecule has 38 heavy (non-hydrogen) atoms. The molecule has 0 unspecified atom stereocenters. The third-order valence-corrected chi connectivity index (χ3v) is 6.54. The minimum absolute atomic E-state index is 0.139. The predicted molar refractivity (Wildman–Crippen MR) is 145 cm³/mol. The molecule has 1 aliphatic rings. The minimum Gasteiger partial charge on any atom is -0.489 e. The van der Waals surface area contributed by atoms with Crippen LogP contribution in [0.15, 0.2) is 109 Å². The van der Waals surface area contributed by atoms with Crippen molar-refractivity contribution in [1.82, 2.24) is 10.2 Å². The summed E-state index contributed by atoms with van der Waals surface area (Å²) < 4.78 is 11.5. The van der Waals surface area contributed by atoms with Crippen LogP contribution in [0.25, 0.3) is 0 Å². The lowest BCUT2D eigenvalue weighted by molar-refractivity contribution is -0.134. The van der Waals surface area contributed by atoms with Gasteiger partial charge in [-0.25, -0.2) is 4.79 Å². The van der Waals surface area contributed by atoms with Crippen molar-refractivity contribution in [2.75, 3.05) is 0 Å². The van der Waals surface area contributed by atoms with Gasteiger partial charge in [-0.15, -0.1) is 0 Å². The van der Waals surface area contributed by atoms with Crippen LogP contribution in [0, 0.1) is 0 Å². The molecule has 5 rings (SSSR count). The molecule has 1 aliphatic heterocycles. The Bertz CT molecular complexity index is 1360. The maximum absolute atomic E-state index is 13.6. The Morgan fingerprint density at radius 2 is 1.37 bits per heavy atom. The van der Waals surface area contributed by atoms with Crippen LogP contribution < -0.4 is 10.1 Å². The normalized spacial score (nSPS) is 14.8. The zero-order chi connectivity index (χ0) is 26.2. The molecular weight excluding hydrogens is 476 g/mol. The van der Waals surface area contributed by atoms with E-state index in [1.807, 2.05) is 109 Å². The molecule has 0 aromatic heterocycles. The van der Waals surface area contributed by atoms with Gasteiger partial charge < -0.3 is 19.7 Å². The van der Waals surface area contributed by atoms with E-state index >= 15 is 0 Å². The van der Waals surface area contributed by atoms with Crippen LogP contribution in [0.3, 0.4) is 0 Å². The predicted octanol–water partition coefficient (Wildman–Crippen LogP) is 5.65. The first-order valence-corrected chi connectivity index (χ1v) is 12.7. The van der Waals surface area contributed by atoms with Crippen LogP contribution in [0.5, 0.6) is 5.75 Å². The van der Waals surface area contributed by atoms with Crippen molar-refractivity contribution in [2.45, 2.75) is 38.8 Å². The van der Waals surface area contributed by atoms with Crippen LogP contribution in [-0.4, -0.2) is 22.9 Å². The van der Waals surface area contributed by atoms with Gasteiger partial charge in [-0.3, -0.25) is 4.79 Å². The molecule has 0 bridgehead atoms. The highest BCUT2D eigenvalue weighted by atomic mass is 16.5. The van der Waals surface area contributed by atoms with Gasteiger partial charge in [0.1, 0.15) is 25.0 Å². The third kappa shape index (κ3) is 6.59. The highest BCUT2D eigenvalue weighted by Gasteiger charge is 2.31. The molecule has 192 valence electrons. The second-order valence-corrected chi connectivity index (χ2v) is 9.35. The average molecular weight is 507 g/mol. The van der Waals surface area contributed by atoms with Crippen LogP contribution in [0.4, 0.5) is 4.79 Å². The highest BCUT2D eigenvalue weighted by molar-refractivity contribution is 5.86. The van der Waals surface area contributed by atoms with E-state index in [1.165, 1.54) is 0 Å². The molecular formula is C32H30N2O4. The second kappa shape index (κ2) is 12.1. The molecule has 1 heterocycles. The molecule has 6 nitrogen and oxygen atoms in total. The molecule has 0 aliphatic carbocycles. The molecule has 1 atom stereocenters. The van der Waals surface area contributed by atoms with E-state index in [-0.39, 0.29) is 12.5 Å². The number of ether oxygens (including phenoxy) is 2. The van der Waals surface area contributed by atoms with Crippen molar-refractivity contribution in [3.8, 4) is 5.75 Å². The van der Waals surface area contributed by atoms with E-state index in [0.29, 0.717) is 26.1 Å². The van der Waals surface area contributed by atoms with Crippen LogP contribution in [-0.2, 0) is 42.3 Å². The molecule has 4 aromatic carbocycles. The summed E-state index contributed by atoms with van der Waals surface area (Å²) in [5.74, 6) is 0.599. The van der Waals surface area contributed by atoms with Crippen molar-refractivity contribution in [3.05, 3.63) is 137 Å². The number of carbonyl (C=O) groups is 2. The van der Waals surface area contributed by atoms with E-state index < -0.39 is 12.1 Å². The van der Waals surface area contributed by atoms with Gasteiger partial charge in [0, 0.05) is 19.5 Å². The first-order chi connectivity index (χ1) is 18.6. The monoisotopic (exact) mass is 506 g/mol. The third-order valence-electron chi connectivity index (χ3n) is 6.54. The van der Waals surface area contributed by atoms with Crippen LogP contribution >= 0.6 is 0 Å². The van der Waals surface area contributed by atoms with Crippen molar-refractivity contribution in [3.63, 3.8) is 0 Å². The Kier molecular flexibility index (Phi) is 7.99. The summed E-state index contributed by atoms with van der Waals surface area (Å²) in [6.07, 6.45) is -0.239. The summed E-state index contributed by atoms with van der Waals surface area (Å²) in [5, 5.41) is 2.81. The molecule has 0 radical (unpaired) electrons. The Morgan fingerprint density at radius 1 is 0.763 bits per heavy atom. The first kappa shape index (κ1) is 25.1. The fraction of sp³-hybridized carbons (Fsp3) is 0.188. The van der Waals surface area contributed by atoms with Crippen LogP contribution in [0.1, 0.15) is 27.8 Å². The number of fused-ring (bicyclic) bond motifs is 1. The van der Waals surface area contributed by atoms with E-state index in [2.05, 4.69) is 5.32 Å². The number of hydrogen-bond acceptors (Lipinski definition) is 4. The largest absolute Gasteiger partial charge is 0.489 e. The topological polar surface area (TPSA) is 67.9 Å². The van der Waals surface area contributed by atoms with Gasteiger partial charge in [-0.05, 0) is 39.9 Å². The average Bonchev–Trinajstić information content (AvgIpc) is 3.08. The minimum atomic E-state index is -0.737. The quantitative estimate of drug-likeness (QED) is 0.336. The fourth-order valence-corrected chi connectivity index (χ4v) is 4.55. The lowest BCUT2D eigenvalue weighted by Gasteiger charge is -2.25. The zero-order valence-electron chi connectivity index (χ0n) is 21.1. The van der Waals surface area contributed by atoms with Gasteiger partial charge in [-0.2, -0.15) is 0 Å². The van der Waals surface area contributed by atoms with Gasteiger partial charge in [0.25, 0.3) is 0 Å². The summed E-state index contributed by atoms with van der Waals surface area (Å²) in [7, 11) is 0. The van der Waals surface area contributed by atoms with Gasteiger partial charge in [-0.1, -0.05) is 97.1 Å². The molecule has 0 fully saturated rings. The molecule has 4 aromatic rings. The smallest absolute Gasteiger partial charge is 0.408 e. The Morgan fingerprint density at radius 3 is 2.03 bits per heavy atom. The molecule has 0 saturated carbocycles. The summed E-state index contributed by atoms with van der Waals surface area (Å²) in [6.45, 7) is 1.46. The maximum atomic E-state index is 13.6. The lowest BCUT2D eigenvalue weighted by Crippen LogP contribution is -2.48. The molecule has 6 heteroatoms. The fourth-order valence-electron chi connectivity index (χ4n) is 4.55. The summed E-state index contributed by atoms with van der Waals surface area (Å²) in [6, 6.07) is 34.5. The molecule has 1 N–H and O–H groups in total. The van der Waals surface area contributed by atoms with Gasteiger partial charge in [0.05, 0.1) is 0 Å². The number of nitrogens with zero attached hydrogens (tertiary/aromatic N) is 1. The van der Waals surface area contributed by atoms with Crippen molar-refractivity contribution >= 4 is 12.0 Å². The van der Waals surface area contributed by atoms with E-state index in [0.717, 1.165) is 33.6 Å². The van der Waals surface area contributed by atoms with E-state index in [9.17, 15) is 9.59 Å². The van der Waals surface area contributed by atoms with Crippen molar-refractivity contribution < 1.29 is 19.1 Å². The Hall–Kier alpha value is -4.58. The number of nitrogens with one attached hydrogen (secondary N) is 1. The van der Waals surface area contributed by atoms with Gasteiger partial charge >= 0.3 is 6.09 Å². The lowest BCUT2D eigenvalue weighted by atomic mass is 10.0. The Labute approximate surface area is 222 Å². The SMILES string of the molecule is O=C(N[C@H]1Cc2ccc(OCc3ccccc3)cc2CN(Cc2ccccc2)C1=O)OCc1ccccc1. The number of hydrogen-bond donors (Lipinski definition) is 1.